The van der Waals surface area contributed by atoms with Crippen LogP contribution < -0.4 is 10.6 Å². The van der Waals surface area contributed by atoms with Crippen LogP contribution in [0, 0.1) is 5.82 Å². The van der Waals surface area contributed by atoms with E-state index in [4.69, 9.17) is 4.74 Å². The molecule has 3 rings (SSSR count). The van der Waals surface area contributed by atoms with Crippen molar-refractivity contribution >= 4 is 28.8 Å². The van der Waals surface area contributed by atoms with Gasteiger partial charge in [-0.1, -0.05) is 23.5 Å². The Hall–Kier alpha value is -3.24. The van der Waals surface area contributed by atoms with Crippen molar-refractivity contribution in [1.82, 2.24) is 20.5 Å². The average molecular weight is 401 g/mol. The van der Waals surface area contributed by atoms with E-state index in [0.29, 0.717) is 17.2 Å². The molecule has 0 aliphatic carbocycles. The molecule has 0 saturated heterocycles. The van der Waals surface area contributed by atoms with Crippen LogP contribution in [0.5, 0.6) is 0 Å². The van der Waals surface area contributed by atoms with Crippen molar-refractivity contribution in [2.75, 3.05) is 11.9 Å². The lowest BCUT2D eigenvalue weighted by molar-refractivity contribution is -0.126. The van der Waals surface area contributed by atoms with Crippen LogP contribution in [0.4, 0.5) is 10.1 Å². The number of hydrogen-bond donors (Lipinski definition) is 2. The van der Waals surface area contributed by atoms with Gasteiger partial charge in [0, 0.05) is 11.9 Å². The topological polar surface area (TPSA) is 106 Å². The zero-order valence-electron chi connectivity index (χ0n) is 14.6. The van der Waals surface area contributed by atoms with Crippen LogP contribution in [0.25, 0.3) is 0 Å². The number of ether oxygens (including phenoxy) is 1. The van der Waals surface area contributed by atoms with Gasteiger partial charge >= 0.3 is 0 Å². The molecule has 0 spiro atoms. The molecule has 2 amide bonds. The maximum atomic E-state index is 13.2. The van der Waals surface area contributed by atoms with Crippen molar-refractivity contribution in [3.05, 3.63) is 70.2 Å². The molecule has 0 aliphatic heterocycles. The maximum absolute atomic E-state index is 13.2. The average Bonchev–Trinajstić information content (AvgIpc) is 3.16. The molecule has 144 valence electrons. The van der Waals surface area contributed by atoms with Crippen molar-refractivity contribution in [2.24, 2.45) is 0 Å². The fourth-order valence-corrected chi connectivity index (χ4v) is 2.80. The summed E-state index contributed by atoms with van der Waals surface area (Å²) in [5.74, 6) is -1.24. The second-order valence-corrected chi connectivity index (χ2v) is 6.62. The van der Waals surface area contributed by atoms with E-state index in [0.717, 1.165) is 17.0 Å². The first-order valence-corrected chi connectivity index (χ1v) is 9.05. The van der Waals surface area contributed by atoms with E-state index in [9.17, 15) is 14.0 Å². The number of amides is 2. The minimum absolute atomic E-state index is 0.0436. The van der Waals surface area contributed by atoms with E-state index in [1.807, 2.05) is 6.07 Å². The van der Waals surface area contributed by atoms with Crippen LogP contribution >= 0.6 is 11.3 Å². The van der Waals surface area contributed by atoms with E-state index in [1.165, 1.54) is 18.2 Å². The Morgan fingerprint density at radius 3 is 2.82 bits per heavy atom. The molecule has 0 aliphatic rings. The van der Waals surface area contributed by atoms with Gasteiger partial charge in [0.2, 0.25) is 10.9 Å². The molecular formula is C18H16FN5O3S. The highest BCUT2D eigenvalue weighted by atomic mass is 32.1. The molecule has 28 heavy (non-hydrogen) atoms. The highest BCUT2D eigenvalue weighted by Crippen LogP contribution is 2.15. The summed E-state index contributed by atoms with van der Waals surface area (Å²) < 4.78 is 18.4. The largest absolute Gasteiger partial charge is 0.364 e. The van der Waals surface area contributed by atoms with Crippen molar-refractivity contribution < 1.29 is 18.7 Å². The molecule has 8 nitrogen and oxygen atoms in total. The highest BCUT2D eigenvalue weighted by Gasteiger charge is 2.14. The molecule has 3 aromatic rings. The molecule has 0 unspecified atom stereocenters. The molecular weight excluding hydrogens is 385 g/mol. The Morgan fingerprint density at radius 1 is 1.14 bits per heavy atom. The number of hydrogen-bond acceptors (Lipinski definition) is 7. The van der Waals surface area contributed by atoms with Crippen molar-refractivity contribution in [3.63, 3.8) is 0 Å². The number of rotatable bonds is 8. The highest BCUT2D eigenvalue weighted by molar-refractivity contribution is 7.13. The smallest absolute Gasteiger partial charge is 0.286 e. The van der Waals surface area contributed by atoms with E-state index < -0.39 is 11.7 Å². The summed E-state index contributed by atoms with van der Waals surface area (Å²) in [7, 11) is 0. The number of nitrogens with one attached hydrogen (secondary N) is 2. The number of halogens is 1. The quantitative estimate of drug-likeness (QED) is 0.599. The normalized spacial score (nSPS) is 10.5. The number of benzene rings is 1. The SMILES string of the molecule is O=C(COCc1nnc(C(=O)Nc2cccc(F)c2)s1)NCc1ccccn1. The van der Waals surface area contributed by atoms with Gasteiger partial charge in [-0.25, -0.2) is 4.39 Å². The van der Waals surface area contributed by atoms with Gasteiger partial charge in [-0.05, 0) is 30.3 Å². The first kappa shape index (κ1) is 19.5. The summed E-state index contributed by atoms with van der Waals surface area (Å²) in [5.41, 5.74) is 1.07. The molecule has 1 aromatic carbocycles. The summed E-state index contributed by atoms with van der Waals surface area (Å²) in [5, 5.41) is 13.4. The van der Waals surface area contributed by atoms with Crippen LogP contribution in [0.15, 0.2) is 48.7 Å². The number of nitrogens with zero attached hydrogens (tertiary/aromatic N) is 3. The lowest BCUT2D eigenvalue weighted by atomic mass is 10.3. The Bertz CT molecular complexity index is 951. The monoisotopic (exact) mass is 401 g/mol. The predicted octanol–water partition coefficient (Wildman–Crippen LogP) is 2.16. The van der Waals surface area contributed by atoms with Gasteiger partial charge in [0.15, 0.2) is 0 Å². The number of pyridine rings is 1. The minimum atomic E-state index is -0.498. The number of aromatic nitrogens is 3. The summed E-state index contributed by atoms with van der Waals surface area (Å²) in [4.78, 5) is 28.0. The van der Waals surface area contributed by atoms with Gasteiger partial charge < -0.3 is 15.4 Å². The third kappa shape index (κ3) is 5.89. The van der Waals surface area contributed by atoms with Crippen LogP contribution in [-0.2, 0) is 22.7 Å². The maximum Gasteiger partial charge on any atom is 0.286 e. The number of carbonyl (C=O) groups excluding carboxylic acids is 2. The van der Waals surface area contributed by atoms with E-state index in [-0.39, 0.29) is 24.1 Å². The third-order valence-electron chi connectivity index (χ3n) is 3.40. The van der Waals surface area contributed by atoms with Crippen LogP contribution in [0.1, 0.15) is 20.5 Å². The van der Waals surface area contributed by atoms with Gasteiger partial charge in [-0.2, -0.15) is 0 Å². The van der Waals surface area contributed by atoms with Crippen LogP contribution in [0.3, 0.4) is 0 Å². The van der Waals surface area contributed by atoms with Gasteiger partial charge in [0.1, 0.15) is 24.0 Å². The van der Waals surface area contributed by atoms with Gasteiger partial charge in [-0.3, -0.25) is 14.6 Å². The molecule has 0 atom stereocenters. The lowest BCUT2D eigenvalue weighted by Gasteiger charge is -2.04. The second kappa shape index (κ2) is 9.62. The standard InChI is InChI=1S/C18H16FN5O3S/c19-12-4-3-6-13(8-12)22-17(26)18-24-23-16(28-18)11-27-10-15(25)21-9-14-5-1-2-7-20-14/h1-8H,9-11H2,(H,21,25)(H,22,26). The van der Waals surface area contributed by atoms with E-state index in [2.05, 4.69) is 25.8 Å². The predicted molar refractivity (Wildman–Crippen MR) is 100 cm³/mol. The van der Waals surface area contributed by atoms with Gasteiger partial charge in [0.25, 0.3) is 5.91 Å². The Balaban J connectivity index is 1.41. The molecule has 2 aromatic heterocycles. The van der Waals surface area contributed by atoms with E-state index >= 15 is 0 Å². The summed E-state index contributed by atoms with van der Waals surface area (Å²) in [6.45, 7) is 0.200. The first-order chi connectivity index (χ1) is 13.6. The molecule has 0 fully saturated rings. The number of anilines is 1. The fraction of sp³-hybridized carbons (Fsp3) is 0.167. The van der Waals surface area contributed by atoms with Gasteiger partial charge in [0.05, 0.1) is 12.2 Å². The van der Waals surface area contributed by atoms with Crippen molar-refractivity contribution in [1.29, 1.82) is 0 Å². The van der Waals surface area contributed by atoms with Gasteiger partial charge in [-0.15, -0.1) is 10.2 Å². The Kier molecular flexibility index (Phi) is 6.71. The molecule has 2 heterocycles. The Labute approximate surface area is 163 Å². The van der Waals surface area contributed by atoms with Crippen LogP contribution in [0.2, 0.25) is 0 Å². The molecule has 10 heteroatoms. The minimum Gasteiger partial charge on any atom is -0.364 e. The fourth-order valence-electron chi connectivity index (χ4n) is 2.13. The van der Waals surface area contributed by atoms with Crippen molar-refractivity contribution in [3.8, 4) is 0 Å². The first-order valence-electron chi connectivity index (χ1n) is 8.24. The molecule has 0 bridgehead atoms. The second-order valence-electron chi connectivity index (χ2n) is 5.56. The summed E-state index contributed by atoms with van der Waals surface area (Å²) in [6.07, 6.45) is 1.65. The lowest BCUT2D eigenvalue weighted by Crippen LogP contribution is -2.27. The summed E-state index contributed by atoms with van der Waals surface area (Å²) in [6, 6.07) is 11.0. The van der Waals surface area contributed by atoms with Crippen molar-refractivity contribution in [2.45, 2.75) is 13.2 Å². The van der Waals surface area contributed by atoms with Crippen LogP contribution in [-0.4, -0.2) is 33.6 Å². The number of carbonyl (C=O) groups is 2. The molecule has 0 radical (unpaired) electrons. The zero-order chi connectivity index (χ0) is 19.8. The zero-order valence-corrected chi connectivity index (χ0v) is 15.4. The van der Waals surface area contributed by atoms with E-state index in [1.54, 1.807) is 24.4 Å². The third-order valence-corrected chi connectivity index (χ3v) is 4.29. The molecule has 0 saturated carbocycles. The summed E-state index contributed by atoms with van der Waals surface area (Å²) >= 11 is 1.03. The Morgan fingerprint density at radius 2 is 2.04 bits per heavy atom. The molecule has 2 N–H and O–H groups in total.